The van der Waals surface area contributed by atoms with Crippen molar-refractivity contribution in [1.82, 2.24) is 19.2 Å². The number of hydrogen-bond acceptors (Lipinski definition) is 4. The Hall–Kier alpha value is -1.19. The molecule has 1 saturated heterocycles. The minimum absolute atomic E-state index is 0. The van der Waals surface area contributed by atoms with E-state index < -0.39 is 21.9 Å². The zero-order valence-corrected chi connectivity index (χ0v) is 15.2. The highest BCUT2D eigenvalue weighted by Gasteiger charge is 2.37. The molecule has 132 valence electrons. The van der Waals surface area contributed by atoms with Gasteiger partial charge in [-0.05, 0) is 18.2 Å². The standard InChI is InChI=1S/C14H16ClFN4O2S.ClH/c1-19-6-5-18-14(19)12-9-17-4-7-20(12)23(21,22)13-8-10(16)2-3-11(13)15;/h2-3,5-6,8,12,17H,4,7,9H2,1H3;1H. The molecule has 1 aliphatic heterocycles. The summed E-state index contributed by atoms with van der Waals surface area (Å²) in [5.41, 5.74) is 0. The van der Waals surface area contributed by atoms with Gasteiger partial charge < -0.3 is 9.88 Å². The summed E-state index contributed by atoms with van der Waals surface area (Å²) < 4.78 is 42.6. The Labute approximate surface area is 151 Å². The zero-order chi connectivity index (χ0) is 16.6. The molecule has 0 amide bonds. The predicted molar refractivity (Wildman–Crippen MR) is 91.4 cm³/mol. The van der Waals surface area contributed by atoms with E-state index in [2.05, 4.69) is 10.3 Å². The molecule has 0 radical (unpaired) electrons. The third-order valence-corrected chi connectivity index (χ3v) is 6.22. The summed E-state index contributed by atoms with van der Waals surface area (Å²) in [7, 11) is -2.14. The molecule has 10 heteroatoms. The summed E-state index contributed by atoms with van der Waals surface area (Å²) >= 11 is 5.99. The third kappa shape index (κ3) is 3.43. The van der Waals surface area contributed by atoms with Crippen LogP contribution < -0.4 is 5.32 Å². The van der Waals surface area contributed by atoms with Crippen molar-refractivity contribution in [3.05, 3.63) is 47.3 Å². The van der Waals surface area contributed by atoms with Gasteiger partial charge in [-0.3, -0.25) is 0 Å². The first-order valence-corrected chi connectivity index (χ1v) is 8.88. The Morgan fingerprint density at radius 3 is 2.83 bits per heavy atom. The van der Waals surface area contributed by atoms with E-state index in [1.54, 1.807) is 24.0 Å². The summed E-state index contributed by atoms with van der Waals surface area (Å²) in [5, 5.41) is 3.17. The molecular weight excluding hydrogens is 378 g/mol. The lowest BCUT2D eigenvalue weighted by atomic mass is 10.2. The molecule has 1 unspecified atom stereocenters. The number of nitrogens with zero attached hydrogens (tertiary/aromatic N) is 3. The number of aromatic nitrogens is 2. The van der Waals surface area contributed by atoms with E-state index in [4.69, 9.17) is 11.6 Å². The maximum absolute atomic E-state index is 13.5. The molecule has 0 spiro atoms. The van der Waals surface area contributed by atoms with Crippen molar-refractivity contribution in [1.29, 1.82) is 0 Å². The van der Waals surface area contributed by atoms with Crippen LogP contribution in [0, 0.1) is 5.82 Å². The van der Waals surface area contributed by atoms with Gasteiger partial charge in [0.2, 0.25) is 10.0 Å². The van der Waals surface area contributed by atoms with Crippen LogP contribution >= 0.6 is 24.0 Å². The molecule has 0 aliphatic carbocycles. The Morgan fingerprint density at radius 2 is 2.17 bits per heavy atom. The van der Waals surface area contributed by atoms with Gasteiger partial charge in [0.25, 0.3) is 0 Å². The number of imidazole rings is 1. The van der Waals surface area contributed by atoms with Gasteiger partial charge in [-0.15, -0.1) is 12.4 Å². The van der Waals surface area contributed by atoms with E-state index >= 15 is 0 Å². The lowest BCUT2D eigenvalue weighted by Gasteiger charge is -2.34. The van der Waals surface area contributed by atoms with Gasteiger partial charge >= 0.3 is 0 Å². The molecule has 6 nitrogen and oxygen atoms in total. The van der Waals surface area contributed by atoms with Crippen molar-refractivity contribution in [2.75, 3.05) is 19.6 Å². The van der Waals surface area contributed by atoms with E-state index in [9.17, 15) is 12.8 Å². The van der Waals surface area contributed by atoms with Gasteiger partial charge in [-0.25, -0.2) is 17.8 Å². The predicted octanol–water partition coefficient (Wildman–Crippen LogP) is 1.97. The van der Waals surface area contributed by atoms with E-state index in [0.29, 0.717) is 18.9 Å². The maximum Gasteiger partial charge on any atom is 0.245 e. The van der Waals surface area contributed by atoms with Gasteiger partial charge in [0.1, 0.15) is 16.5 Å². The van der Waals surface area contributed by atoms with Crippen LogP contribution in [-0.2, 0) is 17.1 Å². The van der Waals surface area contributed by atoms with Crippen molar-refractivity contribution >= 4 is 34.0 Å². The van der Waals surface area contributed by atoms with Gasteiger partial charge in [0, 0.05) is 39.1 Å². The Balaban J connectivity index is 0.00000208. The second-order valence-corrected chi connectivity index (χ2v) is 7.57. The first-order valence-electron chi connectivity index (χ1n) is 7.06. The molecule has 24 heavy (non-hydrogen) atoms. The monoisotopic (exact) mass is 394 g/mol. The average Bonchev–Trinajstić information content (AvgIpc) is 2.95. The number of piperazine rings is 1. The van der Waals surface area contributed by atoms with Crippen molar-refractivity contribution in [2.45, 2.75) is 10.9 Å². The van der Waals surface area contributed by atoms with E-state index in [1.165, 1.54) is 10.4 Å². The largest absolute Gasteiger partial charge is 0.337 e. The summed E-state index contributed by atoms with van der Waals surface area (Å²) in [4.78, 5) is 4.02. The third-order valence-electron chi connectivity index (χ3n) is 3.83. The van der Waals surface area contributed by atoms with Gasteiger partial charge in [0.15, 0.2) is 0 Å². The summed E-state index contributed by atoms with van der Waals surface area (Å²) in [5.74, 6) is -0.0232. The van der Waals surface area contributed by atoms with Gasteiger partial charge in [0.05, 0.1) is 11.1 Å². The fourth-order valence-corrected chi connectivity index (χ4v) is 4.77. The molecule has 1 aromatic heterocycles. The molecule has 1 N–H and O–H groups in total. The van der Waals surface area contributed by atoms with Crippen LogP contribution in [0.5, 0.6) is 0 Å². The van der Waals surface area contributed by atoms with Crippen LogP contribution in [0.1, 0.15) is 11.9 Å². The second-order valence-electron chi connectivity index (χ2n) is 5.31. The number of rotatable bonds is 3. The first kappa shape index (κ1) is 19.1. The lowest BCUT2D eigenvalue weighted by molar-refractivity contribution is 0.258. The highest BCUT2D eigenvalue weighted by molar-refractivity contribution is 7.89. The summed E-state index contributed by atoms with van der Waals surface area (Å²) in [6.45, 7) is 1.19. The van der Waals surface area contributed by atoms with Crippen molar-refractivity contribution in [3.8, 4) is 0 Å². The number of sulfonamides is 1. The number of benzene rings is 1. The van der Waals surface area contributed by atoms with E-state index in [0.717, 1.165) is 12.1 Å². The van der Waals surface area contributed by atoms with Gasteiger partial charge in [-0.1, -0.05) is 11.6 Å². The van der Waals surface area contributed by atoms with Crippen molar-refractivity contribution in [3.63, 3.8) is 0 Å². The summed E-state index contributed by atoms with van der Waals surface area (Å²) in [6.07, 6.45) is 3.37. The highest BCUT2D eigenvalue weighted by atomic mass is 35.5. The van der Waals surface area contributed by atoms with Crippen LogP contribution in [0.2, 0.25) is 5.02 Å². The van der Waals surface area contributed by atoms with Crippen LogP contribution in [-0.4, -0.2) is 41.9 Å². The molecule has 1 atom stereocenters. The first-order chi connectivity index (χ1) is 10.9. The SMILES string of the molecule is Cl.Cn1ccnc1C1CNCCN1S(=O)(=O)c1cc(F)ccc1Cl. The van der Waals surface area contributed by atoms with E-state index in [1.807, 2.05) is 0 Å². The highest BCUT2D eigenvalue weighted by Crippen LogP contribution is 2.31. The quantitative estimate of drug-likeness (QED) is 0.863. The normalized spacial score (nSPS) is 19.0. The maximum atomic E-state index is 13.5. The number of nitrogens with one attached hydrogen (secondary N) is 1. The Bertz CT molecular complexity index is 828. The molecule has 0 bridgehead atoms. The topological polar surface area (TPSA) is 67.2 Å². The van der Waals surface area contributed by atoms with Crippen molar-refractivity contribution in [2.24, 2.45) is 7.05 Å². The molecule has 3 rings (SSSR count). The Kier molecular flexibility index (Phi) is 5.87. The molecule has 0 saturated carbocycles. The average molecular weight is 395 g/mol. The summed E-state index contributed by atoms with van der Waals surface area (Å²) in [6, 6.07) is 2.86. The Morgan fingerprint density at radius 1 is 1.42 bits per heavy atom. The number of hydrogen-bond donors (Lipinski definition) is 1. The second kappa shape index (κ2) is 7.37. The fourth-order valence-electron chi connectivity index (χ4n) is 2.69. The zero-order valence-electron chi connectivity index (χ0n) is 12.8. The van der Waals surface area contributed by atoms with Crippen LogP contribution in [0.4, 0.5) is 4.39 Å². The van der Waals surface area contributed by atoms with Gasteiger partial charge in [-0.2, -0.15) is 4.31 Å². The molecule has 2 aromatic rings. The lowest BCUT2D eigenvalue weighted by Crippen LogP contribution is -2.49. The minimum Gasteiger partial charge on any atom is -0.337 e. The molecule has 1 fully saturated rings. The fraction of sp³-hybridized carbons (Fsp3) is 0.357. The van der Waals surface area contributed by atoms with E-state index in [-0.39, 0.29) is 28.9 Å². The van der Waals surface area contributed by atoms with Crippen molar-refractivity contribution < 1.29 is 12.8 Å². The van der Waals surface area contributed by atoms with Crippen LogP contribution in [0.15, 0.2) is 35.5 Å². The molecule has 1 aromatic carbocycles. The van der Waals surface area contributed by atoms with Crippen LogP contribution in [0.3, 0.4) is 0 Å². The smallest absolute Gasteiger partial charge is 0.245 e. The molecule has 2 heterocycles. The number of aryl methyl sites for hydroxylation is 1. The van der Waals surface area contributed by atoms with Crippen LogP contribution in [0.25, 0.3) is 0 Å². The molecule has 1 aliphatic rings. The molecular formula is C14H17Cl2FN4O2S. The number of halogens is 3. The minimum atomic E-state index is -3.94.